The SMILES string of the molecule is CCOc1ccc(NC(=O)N2CCCCC2C)cc1. The molecule has 2 rings (SSSR count). The van der Waals surface area contributed by atoms with E-state index in [9.17, 15) is 4.79 Å². The van der Waals surface area contributed by atoms with Gasteiger partial charge in [-0.2, -0.15) is 0 Å². The van der Waals surface area contributed by atoms with Crippen LogP contribution in [0.3, 0.4) is 0 Å². The van der Waals surface area contributed by atoms with Gasteiger partial charge in [-0.15, -0.1) is 0 Å². The summed E-state index contributed by atoms with van der Waals surface area (Å²) in [7, 11) is 0. The van der Waals surface area contributed by atoms with Crippen molar-refractivity contribution in [3.05, 3.63) is 24.3 Å². The first-order valence-electron chi connectivity index (χ1n) is 7.01. The molecule has 0 aromatic heterocycles. The number of amides is 2. The number of benzene rings is 1. The summed E-state index contributed by atoms with van der Waals surface area (Å²) in [5.41, 5.74) is 0.811. The molecule has 104 valence electrons. The highest BCUT2D eigenvalue weighted by atomic mass is 16.5. The van der Waals surface area contributed by atoms with Crippen LogP contribution >= 0.6 is 0 Å². The average Bonchev–Trinajstić information content (AvgIpc) is 2.42. The van der Waals surface area contributed by atoms with Gasteiger partial charge in [-0.1, -0.05) is 0 Å². The van der Waals surface area contributed by atoms with E-state index in [0.717, 1.165) is 30.8 Å². The van der Waals surface area contributed by atoms with Crippen molar-refractivity contribution >= 4 is 11.7 Å². The molecule has 1 unspecified atom stereocenters. The zero-order chi connectivity index (χ0) is 13.7. The van der Waals surface area contributed by atoms with Gasteiger partial charge in [0.2, 0.25) is 0 Å². The van der Waals surface area contributed by atoms with Gasteiger partial charge in [0, 0.05) is 18.3 Å². The molecule has 1 aliphatic heterocycles. The molecule has 1 fully saturated rings. The summed E-state index contributed by atoms with van der Waals surface area (Å²) >= 11 is 0. The van der Waals surface area contributed by atoms with Crippen molar-refractivity contribution in [2.45, 2.75) is 39.2 Å². The van der Waals surface area contributed by atoms with Crippen molar-refractivity contribution in [1.29, 1.82) is 0 Å². The van der Waals surface area contributed by atoms with Crippen LogP contribution in [0.4, 0.5) is 10.5 Å². The maximum absolute atomic E-state index is 12.2. The van der Waals surface area contributed by atoms with Crippen LogP contribution in [0.1, 0.15) is 33.1 Å². The molecule has 4 heteroatoms. The number of hydrogen-bond donors (Lipinski definition) is 1. The smallest absolute Gasteiger partial charge is 0.322 e. The third kappa shape index (κ3) is 3.63. The van der Waals surface area contributed by atoms with E-state index >= 15 is 0 Å². The van der Waals surface area contributed by atoms with Gasteiger partial charge < -0.3 is 15.0 Å². The predicted octanol–water partition coefficient (Wildman–Crippen LogP) is 3.49. The summed E-state index contributed by atoms with van der Waals surface area (Å²) in [5, 5.41) is 2.94. The summed E-state index contributed by atoms with van der Waals surface area (Å²) in [5.74, 6) is 0.826. The Morgan fingerprint density at radius 3 is 2.74 bits per heavy atom. The Balaban J connectivity index is 1.94. The van der Waals surface area contributed by atoms with Crippen LogP contribution < -0.4 is 10.1 Å². The molecule has 1 aromatic rings. The number of nitrogens with one attached hydrogen (secondary N) is 1. The van der Waals surface area contributed by atoms with Crippen molar-refractivity contribution < 1.29 is 9.53 Å². The third-order valence-electron chi connectivity index (χ3n) is 3.48. The number of rotatable bonds is 3. The molecule has 0 spiro atoms. The van der Waals surface area contributed by atoms with E-state index in [-0.39, 0.29) is 6.03 Å². The van der Waals surface area contributed by atoms with E-state index in [4.69, 9.17) is 4.74 Å². The van der Waals surface area contributed by atoms with Crippen molar-refractivity contribution in [1.82, 2.24) is 4.90 Å². The Labute approximate surface area is 114 Å². The number of urea groups is 1. The lowest BCUT2D eigenvalue weighted by molar-refractivity contribution is 0.170. The van der Waals surface area contributed by atoms with E-state index in [1.54, 1.807) is 0 Å². The predicted molar refractivity (Wildman–Crippen MR) is 76.6 cm³/mol. The zero-order valence-electron chi connectivity index (χ0n) is 11.7. The molecule has 1 aliphatic rings. The van der Waals surface area contributed by atoms with Gasteiger partial charge in [0.1, 0.15) is 5.75 Å². The number of carbonyl (C=O) groups excluding carboxylic acids is 1. The second-order valence-electron chi connectivity index (χ2n) is 4.93. The first kappa shape index (κ1) is 13.7. The molecule has 4 nitrogen and oxygen atoms in total. The second-order valence-corrected chi connectivity index (χ2v) is 4.93. The maximum atomic E-state index is 12.2. The number of nitrogens with zero attached hydrogens (tertiary/aromatic N) is 1. The van der Waals surface area contributed by atoms with E-state index in [1.165, 1.54) is 6.42 Å². The molecule has 1 atom stereocenters. The Hall–Kier alpha value is -1.71. The highest BCUT2D eigenvalue weighted by Crippen LogP contribution is 2.19. The third-order valence-corrected chi connectivity index (χ3v) is 3.48. The number of likely N-dealkylation sites (tertiary alicyclic amines) is 1. The van der Waals surface area contributed by atoms with Crippen LogP contribution in [-0.2, 0) is 0 Å². The molecule has 0 saturated carbocycles. The van der Waals surface area contributed by atoms with Crippen molar-refractivity contribution in [3.63, 3.8) is 0 Å². The molecular weight excluding hydrogens is 240 g/mol. The number of anilines is 1. The Morgan fingerprint density at radius 1 is 1.37 bits per heavy atom. The van der Waals surface area contributed by atoms with Gasteiger partial charge in [0.15, 0.2) is 0 Å². The van der Waals surface area contributed by atoms with Crippen LogP contribution in [0.5, 0.6) is 5.75 Å². The van der Waals surface area contributed by atoms with Gasteiger partial charge in [-0.3, -0.25) is 0 Å². The summed E-state index contributed by atoms with van der Waals surface area (Å²) in [6.07, 6.45) is 3.41. The zero-order valence-corrected chi connectivity index (χ0v) is 11.7. The first-order valence-corrected chi connectivity index (χ1v) is 7.01. The van der Waals surface area contributed by atoms with Crippen molar-refractivity contribution in [3.8, 4) is 5.75 Å². The molecule has 1 aromatic carbocycles. The summed E-state index contributed by atoms with van der Waals surface area (Å²) in [6.45, 7) is 5.56. The van der Waals surface area contributed by atoms with Crippen molar-refractivity contribution in [2.75, 3.05) is 18.5 Å². The summed E-state index contributed by atoms with van der Waals surface area (Å²) in [6, 6.07) is 7.82. The molecule has 1 saturated heterocycles. The number of carbonyl (C=O) groups is 1. The fourth-order valence-electron chi connectivity index (χ4n) is 2.40. The second kappa shape index (κ2) is 6.45. The molecule has 19 heavy (non-hydrogen) atoms. The normalized spacial score (nSPS) is 19.1. The molecule has 0 radical (unpaired) electrons. The lowest BCUT2D eigenvalue weighted by Crippen LogP contribution is -2.44. The monoisotopic (exact) mass is 262 g/mol. The molecule has 0 bridgehead atoms. The topological polar surface area (TPSA) is 41.6 Å². The molecular formula is C15H22N2O2. The highest BCUT2D eigenvalue weighted by molar-refractivity contribution is 5.89. The minimum atomic E-state index is -0.00337. The van der Waals surface area contributed by atoms with E-state index in [1.807, 2.05) is 36.1 Å². The van der Waals surface area contributed by atoms with Crippen LogP contribution in [0.15, 0.2) is 24.3 Å². The summed E-state index contributed by atoms with van der Waals surface area (Å²) < 4.78 is 5.38. The lowest BCUT2D eigenvalue weighted by Gasteiger charge is -2.33. The fourth-order valence-corrected chi connectivity index (χ4v) is 2.40. The largest absolute Gasteiger partial charge is 0.494 e. The molecule has 1 N–H and O–H groups in total. The quantitative estimate of drug-likeness (QED) is 0.906. The van der Waals surface area contributed by atoms with E-state index in [2.05, 4.69) is 12.2 Å². The average molecular weight is 262 g/mol. The van der Waals surface area contributed by atoms with Gasteiger partial charge in [-0.25, -0.2) is 4.79 Å². The number of piperidine rings is 1. The van der Waals surface area contributed by atoms with E-state index < -0.39 is 0 Å². The first-order chi connectivity index (χ1) is 9.20. The Kier molecular flexibility index (Phi) is 4.66. The number of ether oxygens (including phenoxy) is 1. The Bertz CT molecular complexity index is 417. The van der Waals surface area contributed by atoms with E-state index in [0.29, 0.717) is 12.6 Å². The summed E-state index contributed by atoms with van der Waals surface area (Å²) in [4.78, 5) is 14.1. The maximum Gasteiger partial charge on any atom is 0.322 e. The minimum Gasteiger partial charge on any atom is -0.494 e. The van der Waals surface area contributed by atoms with Gasteiger partial charge in [0.25, 0.3) is 0 Å². The lowest BCUT2D eigenvalue weighted by atomic mass is 10.0. The Morgan fingerprint density at radius 2 is 2.11 bits per heavy atom. The minimum absolute atomic E-state index is 0.00337. The van der Waals surface area contributed by atoms with Crippen LogP contribution in [0.2, 0.25) is 0 Å². The van der Waals surface area contributed by atoms with Crippen LogP contribution in [0, 0.1) is 0 Å². The molecule has 2 amide bonds. The van der Waals surface area contributed by atoms with Gasteiger partial charge >= 0.3 is 6.03 Å². The standard InChI is InChI=1S/C15H22N2O2/c1-3-19-14-9-7-13(8-10-14)16-15(18)17-11-5-4-6-12(17)2/h7-10,12H,3-6,11H2,1-2H3,(H,16,18). The highest BCUT2D eigenvalue weighted by Gasteiger charge is 2.22. The van der Waals surface area contributed by atoms with Crippen molar-refractivity contribution in [2.24, 2.45) is 0 Å². The van der Waals surface area contributed by atoms with Crippen LogP contribution in [0.25, 0.3) is 0 Å². The fraction of sp³-hybridized carbons (Fsp3) is 0.533. The van der Waals surface area contributed by atoms with Crippen LogP contribution in [-0.4, -0.2) is 30.1 Å². The molecule has 0 aliphatic carbocycles. The van der Waals surface area contributed by atoms with Gasteiger partial charge in [-0.05, 0) is 57.4 Å². The molecule has 1 heterocycles. The van der Waals surface area contributed by atoms with Gasteiger partial charge in [0.05, 0.1) is 6.61 Å². The number of hydrogen-bond acceptors (Lipinski definition) is 2.